The number of hydrazine groups is 1. The molecule has 0 saturated heterocycles. The molecule has 0 spiro atoms. The van der Waals surface area contributed by atoms with Gasteiger partial charge in [0.05, 0.1) is 0 Å². The van der Waals surface area contributed by atoms with Crippen LogP contribution >= 0.6 is 0 Å². The van der Waals surface area contributed by atoms with Crippen LogP contribution in [0.4, 0.5) is 0 Å². The topological polar surface area (TPSA) is 58.3 Å². The van der Waals surface area contributed by atoms with Crippen molar-refractivity contribution in [2.75, 3.05) is 7.11 Å². The Hall–Kier alpha value is -0.540. The summed E-state index contributed by atoms with van der Waals surface area (Å²) >= 11 is 0. The third kappa shape index (κ3) is 99.0. The first-order valence-electron chi connectivity index (χ1n) is 1.43. The van der Waals surface area contributed by atoms with E-state index in [0.717, 1.165) is 7.11 Å². The molecule has 0 amide bonds. The lowest BCUT2D eigenvalue weighted by Gasteiger charge is -1.72. The van der Waals surface area contributed by atoms with Crippen molar-refractivity contribution in [1.29, 1.82) is 0 Å². The van der Waals surface area contributed by atoms with E-state index in [9.17, 15) is 0 Å². The summed E-state index contributed by atoms with van der Waals surface area (Å²) in [5.41, 5.74) is 2.19. The fourth-order valence-corrected chi connectivity index (χ4v) is 0. The van der Waals surface area contributed by atoms with Gasteiger partial charge in [0.15, 0.2) is 0 Å². The van der Waals surface area contributed by atoms with Gasteiger partial charge in [-0.05, 0) is 0 Å². The first kappa shape index (κ1) is 9.07. The number of rotatable bonds is 1. The summed E-state index contributed by atoms with van der Waals surface area (Å²) < 4.78 is 0. The molecule has 0 aromatic rings. The lowest BCUT2D eigenvalue weighted by atomic mass is 11.1. The van der Waals surface area contributed by atoms with E-state index in [4.69, 9.17) is 5.11 Å². The Labute approximate surface area is 37.4 Å². The van der Waals surface area contributed by atoms with Gasteiger partial charge in [-0.25, -0.2) is 0 Å². The highest BCUT2D eigenvalue weighted by Gasteiger charge is 1.33. The van der Waals surface area contributed by atoms with Gasteiger partial charge in [-0.3, -0.25) is 5.84 Å². The van der Waals surface area contributed by atoms with Crippen LogP contribution in [0, 0.1) is 0 Å². The number of nitrogens with two attached hydrogens (primary N) is 1. The Morgan fingerprint density at radius 1 is 1.83 bits per heavy atom. The van der Waals surface area contributed by atoms with E-state index in [0.29, 0.717) is 0 Å². The summed E-state index contributed by atoms with van der Waals surface area (Å²) in [5, 5.41) is 7.00. The van der Waals surface area contributed by atoms with Crippen LogP contribution in [-0.2, 0) is 0 Å². The minimum absolute atomic E-state index is 1.00. The Morgan fingerprint density at radius 2 is 2.00 bits per heavy atom. The number of aliphatic hydroxyl groups is 1. The second-order valence-corrected chi connectivity index (χ2v) is 0.371. The van der Waals surface area contributed by atoms with Gasteiger partial charge in [-0.2, -0.15) is 0 Å². The van der Waals surface area contributed by atoms with Crippen LogP contribution in [-0.4, -0.2) is 12.2 Å². The SMILES string of the molecule is C=CNN.CO. The van der Waals surface area contributed by atoms with Gasteiger partial charge in [0.25, 0.3) is 0 Å². The molecule has 6 heavy (non-hydrogen) atoms. The number of hydrogen-bond acceptors (Lipinski definition) is 3. The maximum absolute atomic E-state index is 7.00. The molecule has 0 heterocycles. The molecule has 0 radical (unpaired) electrons. The molecule has 0 aromatic carbocycles. The molecule has 0 unspecified atom stereocenters. The maximum Gasteiger partial charge on any atom is 0.0319 e. The Balaban J connectivity index is 0. The third-order valence-corrected chi connectivity index (χ3v) is 0.118. The largest absolute Gasteiger partial charge is 0.400 e. The molecule has 0 rings (SSSR count). The summed E-state index contributed by atoms with van der Waals surface area (Å²) in [5.74, 6) is 4.66. The summed E-state index contributed by atoms with van der Waals surface area (Å²) in [7, 11) is 1.00. The van der Waals surface area contributed by atoms with Crippen LogP contribution in [0.3, 0.4) is 0 Å². The smallest absolute Gasteiger partial charge is 0.0319 e. The minimum Gasteiger partial charge on any atom is -0.400 e. The molecular weight excluding hydrogens is 80.0 g/mol. The van der Waals surface area contributed by atoms with Gasteiger partial charge in [0.2, 0.25) is 0 Å². The normalized spacial score (nSPS) is 4.50. The van der Waals surface area contributed by atoms with E-state index >= 15 is 0 Å². The summed E-state index contributed by atoms with van der Waals surface area (Å²) in [4.78, 5) is 0. The van der Waals surface area contributed by atoms with E-state index in [1.165, 1.54) is 6.20 Å². The quantitative estimate of drug-likeness (QED) is 0.292. The van der Waals surface area contributed by atoms with Crippen molar-refractivity contribution in [2.45, 2.75) is 0 Å². The number of nitrogens with one attached hydrogen (secondary N) is 1. The zero-order valence-electron chi connectivity index (χ0n) is 3.81. The second kappa shape index (κ2) is 25.0. The highest BCUT2D eigenvalue weighted by Crippen LogP contribution is 1.26. The van der Waals surface area contributed by atoms with Crippen molar-refractivity contribution in [2.24, 2.45) is 5.84 Å². The molecule has 0 aromatic heterocycles. The average molecular weight is 90.1 g/mol. The maximum atomic E-state index is 7.00. The zero-order valence-corrected chi connectivity index (χ0v) is 3.81. The molecule has 0 saturated carbocycles. The second-order valence-electron chi connectivity index (χ2n) is 0.371. The molecule has 3 nitrogen and oxygen atoms in total. The fraction of sp³-hybridized carbons (Fsp3) is 0.333. The monoisotopic (exact) mass is 90.1 g/mol. The summed E-state index contributed by atoms with van der Waals surface area (Å²) in [6.07, 6.45) is 1.40. The first-order valence-corrected chi connectivity index (χ1v) is 1.43. The lowest BCUT2D eigenvalue weighted by molar-refractivity contribution is 0.399. The molecule has 3 heteroatoms. The van der Waals surface area contributed by atoms with Gasteiger partial charge in [-0.1, -0.05) is 6.58 Å². The molecule has 0 aliphatic heterocycles. The average Bonchev–Trinajstić information content (AvgIpc) is 1.72. The van der Waals surface area contributed by atoms with E-state index in [2.05, 4.69) is 17.8 Å². The molecule has 4 N–H and O–H groups in total. The molecule has 0 aliphatic rings. The standard InChI is InChI=1S/C2H6N2.CH4O/c1-2-4-3;1-2/h2,4H,1,3H2;2H,1H3. The van der Waals surface area contributed by atoms with Crippen molar-refractivity contribution in [3.63, 3.8) is 0 Å². The van der Waals surface area contributed by atoms with Crippen LogP contribution in [0.25, 0.3) is 0 Å². The van der Waals surface area contributed by atoms with Crippen molar-refractivity contribution in [3.05, 3.63) is 12.8 Å². The summed E-state index contributed by atoms with van der Waals surface area (Å²) in [6.45, 7) is 3.24. The number of hydrogen-bond donors (Lipinski definition) is 3. The molecule has 0 atom stereocenters. The van der Waals surface area contributed by atoms with E-state index in [1.54, 1.807) is 0 Å². The van der Waals surface area contributed by atoms with Crippen molar-refractivity contribution >= 4 is 0 Å². The van der Waals surface area contributed by atoms with Crippen LogP contribution in [0.5, 0.6) is 0 Å². The van der Waals surface area contributed by atoms with Gasteiger partial charge in [0.1, 0.15) is 0 Å². The van der Waals surface area contributed by atoms with Crippen LogP contribution < -0.4 is 11.3 Å². The van der Waals surface area contributed by atoms with Crippen LogP contribution in [0.2, 0.25) is 0 Å². The Bertz CT molecular complexity index is 22.8. The predicted octanol–water partition coefficient (Wildman–Crippen LogP) is -0.798. The van der Waals surface area contributed by atoms with Crippen molar-refractivity contribution in [1.82, 2.24) is 5.43 Å². The van der Waals surface area contributed by atoms with Crippen LogP contribution in [0.15, 0.2) is 12.8 Å². The fourth-order valence-electron chi connectivity index (χ4n) is 0. The molecule has 0 bridgehead atoms. The third-order valence-electron chi connectivity index (χ3n) is 0.118. The van der Waals surface area contributed by atoms with E-state index in [1.807, 2.05) is 0 Å². The highest BCUT2D eigenvalue weighted by atomic mass is 16.2. The Morgan fingerprint density at radius 3 is 2.00 bits per heavy atom. The zero-order chi connectivity index (χ0) is 5.41. The van der Waals surface area contributed by atoms with Gasteiger partial charge in [-0.15, -0.1) is 0 Å². The van der Waals surface area contributed by atoms with Gasteiger partial charge in [0, 0.05) is 13.3 Å². The van der Waals surface area contributed by atoms with Crippen LogP contribution in [0.1, 0.15) is 0 Å². The van der Waals surface area contributed by atoms with E-state index in [-0.39, 0.29) is 0 Å². The summed E-state index contributed by atoms with van der Waals surface area (Å²) in [6, 6.07) is 0. The van der Waals surface area contributed by atoms with Crippen molar-refractivity contribution in [3.8, 4) is 0 Å². The molecule has 0 fully saturated rings. The molecular formula is C3H10N2O. The number of aliphatic hydroxyl groups excluding tert-OH is 1. The lowest BCUT2D eigenvalue weighted by Crippen LogP contribution is -2.11. The predicted molar refractivity (Wildman–Crippen MR) is 25.7 cm³/mol. The highest BCUT2D eigenvalue weighted by molar-refractivity contribution is 4.53. The first-order chi connectivity index (χ1) is 2.91. The van der Waals surface area contributed by atoms with Gasteiger partial charge < -0.3 is 10.5 Å². The van der Waals surface area contributed by atoms with Crippen molar-refractivity contribution < 1.29 is 5.11 Å². The van der Waals surface area contributed by atoms with Gasteiger partial charge >= 0.3 is 0 Å². The van der Waals surface area contributed by atoms with E-state index < -0.39 is 0 Å². The Kier molecular flexibility index (Phi) is 37.9. The molecule has 38 valence electrons. The molecule has 0 aliphatic carbocycles. The minimum atomic E-state index is 1.00.